The molecule has 1 aliphatic rings. The fraction of sp³-hybridized carbons (Fsp3) is 0.111. The third-order valence-corrected chi connectivity index (χ3v) is 4.13. The number of rotatable bonds is 3. The number of benzene rings is 2. The van der Waals surface area contributed by atoms with Crippen LogP contribution in [0.4, 0.5) is 11.4 Å². The summed E-state index contributed by atoms with van der Waals surface area (Å²) in [6.07, 6.45) is 1.76. The van der Waals surface area contributed by atoms with Crippen LogP contribution in [0.1, 0.15) is 12.0 Å². The van der Waals surface area contributed by atoms with Crippen molar-refractivity contribution in [1.82, 2.24) is 5.43 Å². The molecule has 2 N–H and O–H groups in total. The SMILES string of the molecule is Cc1ccc(NC(=O)C2=CCC(=O)N(c3ccc(Br)cc3)N2)cc1. The van der Waals surface area contributed by atoms with Gasteiger partial charge in [-0.1, -0.05) is 33.6 Å². The van der Waals surface area contributed by atoms with E-state index < -0.39 is 0 Å². The van der Waals surface area contributed by atoms with E-state index in [-0.39, 0.29) is 18.2 Å². The molecule has 0 atom stereocenters. The Hall–Kier alpha value is -2.60. The zero-order valence-electron chi connectivity index (χ0n) is 13.0. The number of carbonyl (C=O) groups is 2. The molecule has 0 aliphatic carbocycles. The van der Waals surface area contributed by atoms with E-state index in [4.69, 9.17) is 0 Å². The number of nitrogens with one attached hydrogen (secondary N) is 2. The van der Waals surface area contributed by atoms with Crippen molar-refractivity contribution in [3.63, 3.8) is 0 Å². The van der Waals surface area contributed by atoms with E-state index >= 15 is 0 Å². The molecule has 24 heavy (non-hydrogen) atoms. The topological polar surface area (TPSA) is 61.4 Å². The van der Waals surface area contributed by atoms with Crippen molar-refractivity contribution in [3.05, 3.63) is 70.3 Å². The van der Waals surface area contributed by atoms with Crippen LogP contribution in [0.2, 0.25) is 0 Å². The Morgan fingerprint density at radius 1 is 1.12 bits per heavy atom. The number of nitrogens with zero attached hydrogens (tertiary/aromatic N) is 1. The summed E-state index contributed by atoms with van der Waals surface area (Å²) in [5, 5.41) is 4.21. The van der Waals surface area contributed by atoms with Gasteiger partial charge in [0.2, 0.25) is 5.91 Å². The van der Waals surface area contributed by atoms with Gasteiger partial charge in [0.05, 0.1) is 5.69 Å². The van der Waals surface area contributed by atoms with Crippen molar-refractivity contribution < 1.29 is 9.59 Å². The molecular weight excluding hydrogens is 370 g/mol. The predicted molar refractivity (Wildman–Crippen MR) is 97.3 cm³/mol. The molecule has 0 aromatic heterocycles. The molecule has 0 fully saturated rings. The van der Waals surface area contributed by atoms with Crippen LogP contribution < -0.4 is 15.8 Å². The van der Waals surface area contributed by atoms with Gasteiger partial charge in [-0.15, -0.1) is 0 Å². The minimum absolute atomic E-state index is 0.121. The molecule has 2 aromatic rings. The summed E-state index contributed by atoms with van der Waals surface area (Å²) in [7, 11) is 0. The smallest absolute Gasteiger partial charge is 0.273 e. The molecule has 0 radical (unpaired) electrons. The van der Waals surface area contributed by atoms with E-state index in [2.05, 4.69) is 26.7 Å². The van der Waals surface area contributed by atoms with E-state index in [1.807, 2.05) is 43.3 Å². The molecule has 0 spiro atoms. The summed E-state index contributed by atoms with van der Waals surface area (Å²) in [5.74, 6) is -0.405. The summed E-state index contributed by atoms with van der Waals surface area (Å²) >= 11 is 3.36. The lowest BCUT2D eigenvalue weighted by molar-refractivity contribution is -0.119. The van der Waals surface area contributed by atoms with Crippen LogP contribution in [0.5, 0.6) is 0 Å². The Morgan fingerprint density at radius 3 is 2.46 bits per heavy atom. The average Bonchev–Trinajstić information content (AvgIpc) is 2.58. The van der Waals surface area contributed by atoms with Crippen molar-refractivity contribution in [2.24, 2.45) is 0 Å². The Labute approximate surface area is 148 Å². The van der Waals surface area contributed by atoms with Gasteiger partial charge in [-0.3, -0.25) is 15.0 Å². The first kappa shape index (κ1) is 16.3. The summed E-state index contributed by atoms with van der Waals surface area (Å²) in [6.45, 7) is 1.98. The molecule has 0 bridgehead atoms. The molecular formula is C18H16BrN3O2. The Bertz CT molecular complexity index is 798. The number of anilines is 2. The quantitative estimate of drug-likeness (QED) is 0.849. The number of carbonyl (C=O) groups excluding carboxylic acids is 2. The number of hydrazine groups is 1. The van der Waals surface area contributed by atoms with Gasteiger partial charge in [0, 0.05) is 16.6 Å². The Balaban J connectivity index is 1.74. The van der Waals surface area contributed by atoms with Crippen molar-refractivity contribution in [2.75, 3.05) is 10.3 Å². The lowest BCUT2D eigenvalue weighted by atomic mass is 10.2. The van der Waals surface area contributed by atoms with Crippen LogP contribution in [-0.4, -0.2) is 11.8 Å². The van der Waals surface area contributed by atoms with E-state index in [0.29, 0.717) is 17.1 Å². The maximum absolute atomic E-state index is 12.4. The zero-order valence-corrected chi connectivity index (χ0v) is 14.6. The number of amides is 2. The number of halogens is 1. The first-order chi connectivity index (χ1) is 11.5. The van der Waals surface area contributed by atoms with Crippen LogP contribution >= 0.6 is 15.9 Å². The second kappa shape index (κ2) is 6.88. The number of hydrogen-bond acceptors (Lipinski definition) is 3. The third kappa shape index (κ3) is 3.65. The molecule has 1 aliphatic heterocycles. The normalized spacial score (nSPS) is 14.0. The van der Waals surface area contributed by atoms with Crippen molar-refractivity contribution in [3.8, 4) is 0 Å². The molecule has 122 valence electrons. The second-order valence-corrected chi connectivity index (χ2v) is 6.38. The lowest BCUT2D eigenvalue weighted by Crippen LogP contribution is -2.47. The molecule has 3 rings (SSSR count). The second-order valence-electron chi connectivity index (χ2n) is 5.46. The van der Waals surface area contributed by atoms with Crippen LogP contribution in [0, 0.1) is 6.92 Å². The van der Waals surface area contributed by atoms with Gasteiger partial charge in [-0.2, -0.15) is 0 Å². The first-order valence-corrected chi connectivity index (χ1v) is 8.25. The fourth-order valence-electron chi connectivity index (χ4n) is 2.29. The van der Waals surface area contributed by atoms with E-state index in [0.717, 1.165) is 10.0 Å². The van der Waals surface area contributed by atoms with Crippen molar-refractivity contribution in [2.45, 2.75) is 13.3 Å². The highest BCUT2D eigenvalue weighted by Crippen LogP contribution is 2.21. The Kier molecular flexibility index (Phi) is 4.66. The highest BCUT2D eigenvalue weighted by atomic mass is 79.9. The molecule has 6 heteroatoms. The maximum Gasteiger partial charge on any atom is 0.273 e. The molecule has 0 saturated heterocycles. The van der Waals surface area contributed by atoms with Gasteiger partial charge in [0.25, 0.3) is 5.91 Å². The summed E-state index contributed by atoms with van der Waals surface area (Å²) in [4.78, 5) is 24.5. The monoisotopic (exact) mass is 385 g/mol. The first-order valence-electron chi connectivity index (χ1n) is 7.46. The van der Waals surface area contributed by atoms with Crippen molar-refractivity contribution in [1.29, 1.82) is 0 Å². The molecule has 0 saturated carbocycles. The Morgan fingerprint density at radius 2 is 1.79 bits per heavy atom. The van der Waals surface area contributed by atoms with E-state index in [1.54, 1.807) is 18.2 Å². The predicted octanol–water partition coefficient (Wildman–Crippen LogP) is 3.52. The van der Waals surface area contributed by atoms with Gasteiger partial charge in [-0.05, 0) is 49.4 Å². The fourth-order valence-corrected chi connectivity index (χ4v) is 2.55. The van der Waals surface area contributed by atoms with Gasteiger partial charge in [-0.25, -0.2) is 5.01 Å². The van der Waals surface area contributed by atoms with Gasteiger partial charge in [0.15, 0.2) is 0 Å². The minimum atomic E-state index is -0.284. The zero-order chi connectivity index (χ0) is 17.1. The largest absolute Gasteiger partial charge is 0.321 e. The van der Waals surface area contributed by atoms with Gasteiger partial charge >= 0.3 is 0 Å². The van der Waals surface area contributed by atoms with Crippen LogP contribution in [-0.2, 0) is 9.59 Å². The highest BCUT2D eigenvalue weighted by Gasteiger charge is 2.24. The van der Waals surface area contributed by atoms with E-state index in [9.17, 15) is 9.59 Å². The molecule has 5 nitrogen and oxygen atoms in total. The lowest BCUT2D eigenvalue weighted by Gasteiger charge is -2.28. The third-order valence-electron chi connectivity index (χ3n) is 3.60. The van der Waals surface area contributed by atoms with Crippen LogP contribution in [0.15, 0.2) is 64.8 Å². The maximum atomic E-state index is 12.4. The molecule has 0 unspecified atom stereocenters. The van der Waals surface area contributed by atoms with Crippen molar-refractivity contribution >= 4 is 39.1 Å². The van der Waals surface area contributed by atoms with E-state index in [1.165, 1.54) is 5.01 Å². The van der Waals surface area contributed by atoms with Crippen LogP contribution in [0.3, 0.4) is 0 Å². The van der Waals surface area contributed by atoms with Gasteiger partial charge < -0.3 is 5.32 Å². The summed E-state index contributed by atoms with van der Waals surface area (Å²) < 4.78 is 0.920. The minimum Gasteiger partial charge on any atom is -0.321 e. The molecule has 2 aromatic carbocycles. The number of hydrogen-bond donors (Lipinski definition) is 2. The van der Waals surface area contributed by atoms with Gasteiger partial charge in [0.1, 0.15) is 5.70 Å². The van der Waals surface area contributed by atoms with Crippen LogP contribution in [0.25, 0.3) is 0 Å². The molecule has 1 heterocycles. The summed E-state index contributed by atoms with van der Waals surface area (Å²) in [6, 6.07) is 14.8. The average molecular weight is 386 g/mol. The molecule has 2 amide bonds. The standard InChI is InChI=1S/C18H16BrN3O2/c1-12-2-6-14(7-3-12)20-18(24)16-10-11-17(23)22(21-16)15-8-4-13(19)5-9-15/h2-10,21H,11H2,1H3,(H,20,24). The number of aryl methyl sites for hydroxylation is 1. The summed E-state index contributed by atoms with van der Waals surface area (Å²) in [5.41, 5.74) is 5.74. The highest BCUT2D eigenvalue weighted by molar-refractivity contribution is 9.10.